The number of hydrogen-bond donors (Lipinski definition) is 1. The second kappa shape index (κ2) is 7.73. The molecule has 9 nitrogen and oxygen atoms in total. The van der Waals surface area contributed by atoms with E-state index in [2.05, 4.69) is 20.9 Å². The SMILES string of the molecule is NC(=O)ON1CC2CN(Cc3cc4cc(Oc5nc6ncccc6s5)ccc4o3)CC2C1. The van der Waals surface area contributed by atoms with E-state index in [4.69, 9.17) is 19.7 Å². The van der Waals surface area contributed by atoms with Gasteiger partial charge in [0.15, 0.2) is 5.65 Å². The molecular formula is C22H21N5O4S. The molecule has 32 heavy (non-hydrogen) atoms. The lowest BCUT2D eigenvalue weighted by Gasteiger charge is -2.19. The lowest BCUT2D eigenvalue weighted by atomic mass is 10.0. The number of thiazole rings is 1. The van der Waals surface area contributed by atoms with E-state index in [0.717, 1.165) is 54.2 Å². The number of aromatic nitrogens is 2. The van der Waals surface area contributed by atoms with Gasteiger partial charge in [-0.05, 0) is 48.2 Å². The van der Waals surface area contributed by atoms with E-state index >= 15 is 0 Å². The fraction of sp³-hybridized carbons (Fsp3) is 0.318. The molecule has 2 aliphatic heterocycles. The van der Waals surface area contributed by atoms with Crippen LogP contribution in [0.5, 0.6) is 10.9 Å². The number of amides is 1. The second-order valence-corrected chi connectivity index (χ2v) is 9.28. The van der Waals surface area contributed by atoms with Crippen LogP contribution < -0.4 is 10.5 Å². The number of nitrogens with two attached hydrogens (primary N) is 1. The number of carbonyl (C=O) groups excluding carboxylic acids is 1. The smallest absolute Gasteiger partial charge is 0.423 e. The third kappa shape index (κ3) is 3.77. The van der Waals surface area contributed by atoms with Crippen molar-refractivity contribution in [2.75, 3.05) is 26.2 Å². The third-order valence-electron chi connectivity index (χ3n) is 6.02. The largest absolute Gasteiger partial charge is 0.460 e. The van der Waals surface area contributed by atoms with E-state index in [9.17, 15) is 4.79 Å². The number of rotatable bonds is 5. The molecule has 2 saturated heterocycles. The Hall–Kier alpha value is -3.21. The summed E-state index contributed by atoms with van der Waals surface area (Å²) in [4.78, 5) is 27.1. The first kappa shape index (κ1) is 19.5. The highest BCUT2D eigenvalue weighted by molar-refractivity contribution is 7.20. The summed E-state index contributed by atoms with van der Waals surface area (Å²) in [7, 11) is 0. The number of nitrogens with zero attached hydrogens (tertiary/aromatic N) is 4. The maximum atomic E-state index is 11.0. The summed E-state index contributed by atoms with van der Waals surface area (Å²) < 4.78 is 13.0. The molecule has 2 N–H and O–H groups in total. The molecule has 2 fully saturated rings. The Morgan fingerprint density at radius 3 is 2.81 bits per heavy atom. The van der Waals surface area contributed by atoms with Crippen LogP contribution in [0.15, 0.2) is 47.0 Å². The van der Waals surface area contributed by atoms with Gasteiger partial charge in [0.25, 0.3) is 5.19 Å². The van der Waals surface area contributed by atoms with Crippen molar-refractivity contribution in [3.05, 3.63) is 48.4 Å². The summed E-state index contributed by atoms with van der Waals surface area (Å²) in [6.45, 7) is 4.09. The van der Waals surface area contributed by atoms with Crippen LogP contribution in [0.2, 0.25) is 0 Å². The summed E-state index contributed by atoms with van der Waals surface area (Å²) in [5.74, 6) is 2.59. The van der Waals surface area contributed by atoms with Gasteiger partial charge in [-0.3, -0.25) is 4.90 Å². The van der Waals surface area contributed by atoms with Crippen molar-refractivity contribution >= 4 is 38.7 Å². The van der Waals surface area contributed by atoms with Gasteiger partial charge in [0.2, 0.25) is 0 Å². The molecule has 0 spiro atoms. The van der Waals surface area contributed by atoms with Crippen molar-refractivity contribution in [2.24, 2.45) is 17.6 Å². The van der Waals surface area contributed by atoms with Crippen LogP contribution in [-0.4, -0.2) is 52.2 Å². The summed E-state index contributed by atoms with van der Waals surface area (Å²) in [5, 5.41) is 3.25. The van der Waals surface area contributed by atoms with Gasteiger partial charge in [0.1, 0.15) is 17.1 Å². The molecule has 1 aromatic carbocycles. The zero-order valence-electron chi connectivity index (χ0n) is 17.1. The van der Waals surface area contributed by atoms with Crippen molar-refractivity contribution in [1.29, 1.82) is 0 Å². The molecule has 2 unspecified atom stereocenters. The number of ether oxygens (including phenoxy) is 1. The Bertz CT molecular complexity index is 1260. The quantitative estimate of drug-likeness (QED) is 0.490. The van der Waals surface area contributed by atoms with Gasteiger partial charge < -0.3 is 19.7 Å². The highest BCUT2D eigenvalue weighted by Crippen LogP contribution is 2.34. The Labute approximate surface area is 187 Å². The second-order valence-electron chi connectivity index (χ2n) is 8.29. The Kier molecular flexibility index (Phi) is 4.71. The average molecular weight is 452 g/mol. The number of hydrogen-bond acceptors (Lipinski definition) is 9. The Balaban J connectivity index is 1.12. The van der Waals surface area contributed by atoms with Crippen LogP contribution in [-0.2, 0) is 11.4 Å². The molecule has 5 heterocycles. The molecule has 3 aromatic heterocycles. The van der Waals surface area contributed by atoms with Gasteiger partial charge in [-0.15, -0.1) is 5.06 Å². The number of furan rings is 1. The minimum Gasteiger partial charge on any atom is -0.460 e. The molecule has 0 saturated carbocycles. The highest BCUT2D eigenvalue weighted by Gasteiger charge is 2.41. The minimum absolute atomic E-state index is 0.474. The van der Waals surface area contributed by atoms with E-state index in [1.54, 1.807) is 11.3 Å². The zero-order chi connectivity index (χ0) is 21.7. The molecule has 10 heteroatoms. The number of carbonyl (C=O) groups is 1. The van der Waals surface area contributed by atoms with E-state index in [1.807, 2.05) is 30.3 Å². The van der Waals surface area contributed by atoms with Crippen molar-refractivity contribution in [3.63, 3.8) is 0 Å². The van der Waals surface area contributed by atoms with Crippen LogP contribution in [0.25, 0.3) is 21.3 Å². The fourth-order valence-electron chi connectivity index (χ4n) is 4.71. The van der Waals surface area contributed by atoms with Crippen LogP contribution >= 0.6 is 11.3 Å². The number of likely N-dealkylation sites (tertiary alicyclic amines) is 1. The number of primary amides is 1. The first-order valence-corrected chi connectivity index (χ1v) is 11.3. The van der Waals surface area contributed by atoms with Gasteiger partial charge in [-0.25, -0.2) is 9.78 Å². The number of benzene rings is 1. The van der Waals surface area contributed by atoms with Crippen molar-refractivity contribution in [2.45, 2.75) is 6.54 Å². The summed E-state index contributed by atoms with van der Waals surface area (Å²) in [5.41, 5.74) is 6.65. The molecule has 4 aromatic rings. The summed E-state index contributed by atoms with van der Waals surface area (Å²) in [6.07, 6.45) is 0.982. The van der Waals surface area contributed by atoms with E-state index < -0.39 is 6.09 Å². The van der Waals surface area contributed by atoms with Crippen molar-refractivity contribution in [1.82, 2.24) is 19.9 Å². The van der Waals surface area contributed by atoms with E-state index in [0.29, 0.717) is 28.4 Å². The highest BCUT2D eigenvalue weighted by atomic mass is 32.1. The monoisotopic (exact) mass is 451 g/mol. The van der Waals surface area contributed by atoms with Gasteiger partial charge in [0, 0.05) is 37.8 Å². The average Bonchev–Trinajstić information content (AvgIpc) is 3.48. The van der Waals surface area contributed by atoms with Gasteiger partial charge >= 0.3 is 6.09 Å². The predicted octanol–water partition coefficient (Wildman–Crippen LogP) is 3.60. The molecule has 0 aliphatic carbocycles. The van der Waals surface area contributed by atoms with E-state index in [-0.39, 0.29) is 0 Å². The first-order chi connectivity index (χ1) is 15.6. The number of fused-ring (bicyclic) bond motifs is 3. The molecular weight excluding hydrogens is 430 g/mol. The third-order valence-corrected chi connectivity index (χ3v) is 6.90. The molecule has 2 atom stereocenters. The van der Waals surface area contributed by atoms with E-state index in [1.165, 1.54) is 11.3 Å². The molecule has 0 radical (unpaired) electrons. The number of pyridine rings is 1. The van der Waals surface area contributed by atoms with Gasteiger partial charge in [0.05, 0.1) is 11.2 Å². The van der Waals surface area contributed by atoms with Crippen LogP contribution in [0.4, 0.5) is 4.79 Å². The van der Waals surface area contributed by atoms with Crippen LogP contribution in [0, 0.1) is 11.8 Å². The van der Waals surface area contributed by atoms with Crippen molar-refractivity contribution < 1.29 is 18.8 Å². The topological polar surface area (TPSA) is 107 Å². The lowest BCUT2D eigenvalue weighted by molar-refractivity contribution is -0.0840. The molecule has 164 valence electrons. The lowest BCUT2D eigenvalue weighted by Crippen LogP contribution is -2.32. The zero-order valence-corrected chi connectivity index (χ0v) is 18.0. The maximum Gasteiger partial charge on any atom is 0.423 e. The predicted molar refractivity (Wildman–Crippen MR) is 118 cm³/mol. The Morgan fingerprint density at radius 2 is 2.03 bits per heavy atom. The van der Waals surface area contributed by atoms with Crippen LogP contribution in [0.3, 0.4) is 0 Å². The fourth-order valence-corrected chi connectivity index (χ4v) is 5.50. The standard InChI is InChI=1S/C22H21N5O4S/c23-21(28)31-27-10-14-8-26(9-15(14)11-27)12-17-7-13-6-16(3-4-18(13)29-17)30-22-25-20-19(32-22)2-1-5-24-20/h1-7,14-15H,8-12H2,(H2,23,28). The molecule has 6 rings (SSSR count). The molecule has 2 aliphatic rings. The Morgan fingerprint density at radius 1 is 1.19 bits per heavy atom. The molecule has 0 bridgehead atoms. The minimum atomic E-state index is -0.743. The first-order valence-electron chi connectivity index (χ1n) is 10.5. The van der Waals surface area contributed by atoms with Crippen molar-refractivity contribution in [3.8, 4) is 10.9 Å². The normalized spacial score (nSPS) is 21.4. The molecule has 1 amide bonds. The summed E-state index contributed by atoms with van der Waals surface area (Å²) in [6, 6.07) is 11.7. The number of hydroxylamine groups is 2. The van der Waals surface area contributed by atoms with Gasteiger partial charge in [-0.1, -0.05) is 11.3 Å². The van der Waals surface area contributed by atoms with Crippen LogP contribution in [0.1, 0.15) is 5.76 Å². The summed E-state index contributed by atoms with van der Waals surface area (Å²) >= 11 is 1.47. The maximum absolute atomic E-state index is 11.0. The van der Waals surface area contributed by atoms with Gasteiger partial charge in [-0.2, -0.15) is 4.98 Å².